The van der Waals surface area contributed by atoms with Crippen LogP contribution in [0.1, 0.15) is 69.3 Å². The Bertz CT molecular complexity index is 745. The lowest BCUT2D eigenvalue weighted by Gasteiger charge is -2.17. The molecule has 0 unspecified atom stereocenters. The summed E-state index contributed by atoms with van der Waals surface area (Å²) < 4.78 is 0. The summed E-state index contributed by atoms with van der Waals surface area (Å²) in [6.45, 7) is 8.86. The Hall–Kier alpha value is -1.20. The third kappa shape index (κ3) is 3.22. The van der Waals surface area contributed by atoms with E-state index in [9.17, 15) is 4.79 Å². The van der Waals surface area contributed by atoms with Crippen LogP contribution in [0.5, 0.6) is 0 Å². The van der Waals surface area contributed by atoms with E-state index in [2.05, 4.69) is 38.0 Å². The summed E-state index contributed by atoms with van der Waals surface area (Å²) >= 11 is 1.73. The maximum Gasteiger partial charge on any atom is 0.260 e. The molecule has 0 aliphatic heterocycles. The number of fused-ring (bicyclic) bond motifs is 3. The van der Waals surface area contributed by atoms with E-state index in [1.54, 1.807) is 11.3 Å². The highest BCUT2D eigenvalue weighted by Crippen LogP contribution is 2.35. The smallest absolute Gasteiger partial charge is 0.260 e. The molecule has 0 saturated carbocycles. The van der Waals surface area contributed by atoms with E-state index in [0.717, 1.165) is 47.6 Å². The first kappa shape index (κ1) is 16.7. The first-order valence-electron chi connectivity index (χ1n) is 8.92. The summed E-state index contributed by atoms with van der Waals surface area (Å²) in [7, 11) is 0. The molecule has 0 radical (unpaired) electrons. The number of aromatic nitrogens is 2. The van der Waals surface area contributed by atoms with Gasteiger partial charge in [0.25, 0.3) is 5.56 Å². The van der Waals surface area contributed by atoms with Crippen LogP contribution in [0.3, 0.4) is 0 Å². The van der Waals surface area contributed by atoms with Gasteiger partial charge in [-0.05, 0) is 50.5 Å². The molecule has 126 valence electrons. The van der Waals surface area contributed by atoms with Gasteiger partial charge in [-0.15, -0.1) is 11.3 Å². The van der Waals surface area contributed by atoms with E-state index in [0.29, 0.717) is 6.04 Å². The van der Waals surface area contributed by atoms with Crippen LogP contribution < -0.4 is 10.9 Å². The molecule has 1 aliphatic rings. The molecule has 2 heterocycles. The number of hydrogen-bond donors (Lipinski definition) is 2. The van der Waals surface area contributed by atoms with Crippen LogP contribution >= 0.6 is 11.3 Å². The Morgan fingerprint density at radius 2 is 2.13 bits per heavy atom. The third-order valence-corrected chi connectivity index (χ3v) is 6.37. The lowest BCUT2D eigenvalue weighted by Crippen LogP contribution is -2.90. The standard InChI is InChI=1S/C18H27N3OS/c1-5-12(6-2)19-11(4)16-20-17(22)15-13-8-7-10(3)9-14(13)23-18(15)21-16/h10-12,19H,5-9H2,1-4H3,(H,20,21,22)/p+1/t10-,11+/m1/s1. The average Bonchev–Trinajstić information content (AvgIpc) is 2.89. The molecule has 2 atom stereocenters. The minimum absolute atomic E-state index is 0.0573. The number of thiophene rings is 1. The normalized spacial score (nSPS) is 19.3. The highest BCUT2D eigenvalue weighted by molar-refractivity contribution is 7.18. The molecular weight excluding hydrogens is 306 g/mol. The SMILES string of the molecule is CCC(CC)[NH2+][C@@H](C)c1nc2sc3c(c2c(=O)[nH]1)CC[C@@H](C)C3. The van der Waals surface area contributed by atoms with Crippen molar-refractivity contribution in [1.29, 1.82) is 0 Å². The van der Waals surface area contributed by atoms with Crippen molar-refractivity contribution in [3.05, 3.63) is 26.6 Å². The number of H-pyrrole nitrogens is 1. The topological polar surface area (TPSA) is 62.4 Å². The summed E-state index contributed by atoms with van der Waals surface area (Å²) in [5.74, 6) is 1.54. The molecule has 5 heteroatoms. The number of quaternary nitrogens is 1. The van der Waals surface area contributed by atoms with Crippen molar-refractivity contribution in [2.45, 2.75) is 71.9 Å². The van der Waals surface area contributed by atoms with E-state index in [1.807, 2.05) is 0 Å². The number of hydrogen-bond acceptors (Lipinski definition) is 3. The summed E-state index contributed by atoms with van der Waals surface area (Å²) in [5.41, 5.74) is 1.32. The second-order valence-corrected chi connectivity index (χ2v) is 8.12. The molecule has 2 aromatic rings. The van der Waals surface area contributed by atoms with Crippen LogP contribution in [-0.2, 0) is 12.8 Å². The number of aromatic amines is 1. The van der Waals surface area contributed by atoms with Gasteiger partial charge in [0.2, 0.25) is 0 Å². The summed E-state index contributed by atoms with van der Waals surface area (Å²) in [5, 5.41) is 3.19. The molecule has 0 fully saturated rings. The first-order valence-corrected chi connectivity index (χ1v) is 9.74. The van der Waals surface area contributed by atoms with E-state index in [-0.39, 0.29) is 11.6 Å². The van der Waals surface area contributed by atoms with E-state index in [4.69, 9.17) is 4.98 Å². The van der Waals surface area contributed by atoms with Gasteiger partial charge in [0.15, 0.2) is 5.82 Å². The highest BCUT2D eigenvalue weighted by atomic mass is 32.1. The molecule has 0 saturated heterocycles. The molecule has 0 bridgehead atoms. The van der Waals surface area contributed by atoms with Crippen molar-refractivity contribution in [2.24, 2.45) is 5.92 Å². The van der Waals surface area contributed by atoms with Gasteiger partial charge in [-0.1, -0.05) is 20.8 Å². The van der Waals surface area contributed by atoms with Crippen molar-refractivity contribution in [3.8, 4) is 0 Å². The van der Waals surface area contributed by atoms with Gasteiger partial charge < -0.3 is 10.3 Å². The van der Waals surface area contributed by atoms with E-state index >= 15 is 0 Å². The predicted octanol–water partition coefficient (Wildman–Crippen LogP) is 2.92. The van der Waals surface area contributed by atoms with Crippen LogP contribution in [0.2, 0.25) is 0 Å². The van der Waals surface area contributed by atoms with Gasteiger partial charge in [-0.3, -0.25) is 4.79 Å². The van der Waals surface area contributed by atoms with Crippen molar-refractivity contribution in [2.75, 3.05) is 0 Å². The van der Waals surface area contributed by atoms with Crippen LogP contribution in [0.25, 0.3) is 10.2 Å². The maximum absolute atomic E-state index is 12.6. The van der Waals surface area contributed by atoms with Gasteiger partial charge >= 0.3 is 0 Å². The monoisotopic (exact) mass is 334 g/mol. The number of aryl methyl sites for hydroxylation is 1. The van der Waals surface area contributed by atoms with Crippen molar-refractivity contribution in [3.63, 3.8) is 0 Å². The minimum Gasteiger partial charge on any atom is -0.335 e. The quantitative estimate of drug-likeness (QED) is 0.883. The van der Waals surface area contributed by atoms with Crippen molar-refractivity contribution >= 4 is 21.6 Å². The van der Waals surface area contributed by atoms with Gasteiger partial charge in [0.05, 0.1) is 11.4 Å². The third-order valence-electron chi connectivity index (χ3n) is 5.22. The number of nitrogens with zero attached hydrogens (tertiary/aromatic N) is 1. The second-order valence-electron chi connectivity index (χ2n) is 7.04. The van der Waals surface area contributed by atoms with Crippen LogP contribution in [0, 0.1) is 5.92 Å². The van der Waals surface area contributed by atoms with Crippen molar-refractivity contribution in [1.82, 2.24) is 9.97 Å². The Morgan fingerprint density at radius 3 is 2.83 bits per heavy atom. The van der Waals surface area contributed by atoms with Crippen LogP contribution in [-0.4, -0.2) is 16.0 Å². The van der Waals surface area contributed by atoms with E-state index < -0.39 is 0 Å². The zero-order chi connectivity index (χ0) is 16.6. The fourth-order valence-corrected chi connectivity index (χ4v) is 5.03. The fourth-order valence-electron chi connectivity index (χ4n) is 3.64. The molecule has 2 aromatic heterocycles. The Balaban J connectivity index is 1.97. The van der Waals surface area contributed by atoms with Crippen LogP contribution in [0.15, 0.2) is 4.79 Å². The highest BCUT2D eigenvalue weighted by Gasteiger charge is 2.24. The summed E-state index contributed by atoms with van der Waals surface area (Å²) in [6, 6.07) is 0.776. The van der Waals surface area contributed by atoms with Crippen molar-refractivity contribution < 1.29 is 5.32 Å². The minimum atomic E-state index is 0.0573. The number of rotatable bonds is 5. The van der Waals surface area contributed by atoms with E-state index in [1.165, 1.54) is 16.9 Å². The number of nitrogens with two attached hydrogens (primary N) is 1. The molecule has 0 spiro atoms. The lowest BCUT2D eigenvalue weighted by molar-refractivity contribution is -0.726. The molecule has 4 nitrogen and oxygen atoms in total. The molecule has 1 aliphatic carbocycles. The Kier molecular flexibility index (Phi) is 4.87. The Labute approximate surface area is 141 Å². The summed E-state index contributed by atoms with van der Waals surface area (Å²) in [4.78, 5) is 22.8. The average molecular weight is 335 g/mol. The molecule has 23 heavy (non-hydrogen) atoms. The molecule has 3 rings (SSSR count). The zero-order valence-electron chi connectivity index (χ0n) is 14.6. The second kappa shape index (κ2) is 6.73. The lowest BCUT2D eigenvalue weighted by atomic mass is 9.89. The molecule has 3 N–H and O–H groups in total. The maximum atomic E-state index is 12.6. The Morgan fingerprint density at radius 1 is 1.39 bits per heavy atom. The predicted molar refractivity (Wildman–Crippen MR) is 96.1 cm³/mol. The van der Waals surface area contributed by atoms with Gasteiger partial charge in [-0.25, -0.2) is 4.98 Å². The number of nitrogens with one attached hydrogen (secondary N) is 1. The fraction of sp³-hybridized carbons (Fsp3) is 0.667. The molecular formula is C18H28N3OS+. The van der Waals surface area contributed by atoms with Gasteiger partial charge in [-0.2, -0.15) is 0 Å². The zero-order valence-corrected chi connectivity index (χ0v) is 15.4. The molecule has 0 aromatic carbocycles. The first-order chi connectivity index (χ1) is 11.0. The largest absolute Gasteiger partial charge is 0.335 e. The van der Waals surface area contributed by atoms with Gasteiger partial charge in [0.1, 0.15) is 10.9 Å². The van der Waals surface area contributed by atoms with Gasteiger partial charge in [0, 0.05) is 4.88 Å². The molecule has 0 amide bonds. The van der Waals surface area contributed by atoms with Crippen LogP contribution in [0.4, 0.5) is 0 Å². The summed E-state index contributed by atoms with van der Waals surface area (Å²) in [6.07, 6.45) is 5.58.